The Morgan fingerprint density at radius 2 is 2.18 bits per heavy atom. The Morgan fingerprint density at radius 1 is 1.45 bits per heavy atom. The Balaban J connectivity index is 1.73. The summed E-state index contributed by atoms with van der Waals surface area (Å²) in [5, 5.41) is 5.52. The van der Waals surface area contributed by atoms with Crippen LogP contribution in [0.25, 0.3) is 0 Å². The van der Waals surface area contributed by atoms with Crippen molar-refractivity contribution in [2.45, 2.75) is 19.5 Å². The fourth-order valence-electron chi connectivity index (χ4n) is 2.03. The predicted octanol–water partition coefficient (Wildman–Crippen LogP) is 0.0262. The Kier molecular flexibility index (Phi) is 6.30. The zero-order valence-electron chi connectivity index (χ0n) is 12.6. The molecule has 0 spiro atoms. The molecule has 124 valence electrons. The topological polar surface area (TPSA) is 88.6 Å². The first kappa shape index (κ1) is 17.3. The molecule has 1 aromatic rings. The van der Waals surface area contributed by atoms with Gasteiger partial charge < -0.3 is 10.1 Å². The number of carbonyl (C=O) groups is 1. The summed E-state index contributed by atoms with van der Waals surface area (Å²) in [6, 6.07) is 0. The lowest BCUT2D eigenvalue weighted by molar-refractivity contribution is -0.120. The van der Waals surface area contributed by atoms with Crippen LogP contribution in [0.3, 0.4) is 0 Å². The van der Waals surface area contributed by atoms with Gasteiger partial charge in [-0.3, -0.25) is 9.69 Å². The summed E-state index contributed by atoms with van der Waals surface area (Å²) >= 11 is 1.50. The van der Waals surface area contributed by atoms with Gasteiger partial charge in [0, 0.05) is 37.7 Å². The molecule has 1 aromatic heterocycles. The molecule has 0 aliphatic carbocycles. The van der Waals surface area contributed by atoms with Crippen LogP contribution in [0.15, 0.2) is 5.38 Å². The lowest BCUT2D eigenvalue weighted by Gasteiger charge is -2.25. The van der Waals surface area contributed by atoms with E-state index >= 15 is 0 Å². The highest BCUT2D eigenvalue weighted by atomic mass is 32.2. The molecular weight excluding hydrogens is 326 g/mol. The van der Waals surface area contributed by atoms with Crippen molar-refractivity contribution in [1.29, 1.82) is 0 Å². The summed E-state index contributed by atoms with van der Waals surface area (Å²) in [6.07, 6.45) is 1.11. The number of ether oxygens (including phenoxy) is 1. The highest BCUT2D eigenvalue weighted by Crippen LogP contribution is 2.12. The molecule has 0 aromatic carbocycles. The zero-order chi connectivity index (χ0) is 16.0. The second-order valence-corrected chi connectivity index (χ2v) is 8.48. The van der Waals surface area contributed by atoms with Gasteiger partial charge >= 0.3 is 0 Å². The number of thiazole rings is 1. The smallest absolute Gasteiger partial charge is 0.221 e. The molecule has 0 saturated carbocycles. The molecule has 2 heterocycles. The minimum Gasteiger partial charge on any atom is -0.379 e. The van der Waals surface area contributed by atoms with Crippen molar-refractivity contribution in [3.8, 4) is 0 Å². The third-order valence-electron chi connectivity index (χ3n) is 3.23. The van der Waals surface area contributed by atoms with E-state index in [1.807, 2.05) is 5.38 Å². The zero-order valence-corrected chi connectivity index (χ0v) is 14.2. The standard InChI is InChI=1S/C13H21N3O4S2/c1-22(18,19)7-2-12(17)14-8-13-15-11(10-21-13)9-16-3-5-20-6-4-16/h10H,2-9H2,1H3,(H,14,17). The van der Waals surface area contributed by atoms with Crippen molar-refractivity contribution in [3.63, 3.8) is 0 Å². The fraction of sp³-hybridized carbons (Fsp3) is 0.692. The van der Waals surface area contributed by atoms with Crippen LogP contribution in [-0.4, -0.2) is 62.5 Å². The lowest BCUT2D eigenvalue weighted by Crippen LogP contribution is -2.35. The molecule has 0 atom stereocenters. The highest BCUT2D eigenvalue weighted by molar-refractivity contribution is 7.90. The van der Waals surface area contributed by atoms with Crippen molar-refractivity contribution in [2.75, 3.05) is 38.3 Å². The maximum atomic E-state index is 11.6. The first-order valence-electron chi connectivity index (χ1n) is 7.10. The number of aromatic nitrogens is 1. The minimum absolute atomic E-state index is 0.00908. The van der Waals surface area contributed by atoms with Crippen LogP contribution in [0.2, 0.25) is 0 Å². The molecule has 1 aliphatic rings. The van der Waals surface area contributed by atoms with E-state index < -0.39 is 9.84 Å². The monoisotopic (exact) mass is 347 g/mol. The van der Waals surface area contributed by atoms with E-state index in [9.17, 15) is 13.2 Å². The van der Waals surface area contributed by atoms with Crippen LogP contribution < -0.4 is 5.32 Å². The van der Waals surface area contributed by atoms with E-state index in [1.165, 1.54) is 11.3 Å². The van der Waals surface area contributed by atoms with Crippen LogP contribution >= 0.6 is 11.3 Å². The number of hydrogen-bond acceptors (Lipinski definition) is 7. The summed E-state index contributed by atoms with van der Waals surface area (Å²) in [5.41, 5.74) is 0.993. The third-order valence-corrected chi connectivity index (χ3v) is 5.07. The first-order chi connectivity index (χ1) is 10.4. The fourth-order valence-corrected chi connectivity index (χ4v) is 3.31. The van der Waals surface area contributed by atoms with Crippen LogP contribution in [-0.2, 0) is 32.5 Å². The Labute approximate surface area is 134 Å². The number of rotatable bonds is 7. The average molecular weight is 347 g/mol. The Hall–Kier alpha value is -1.03. The van der Waals surface area contributed by atoms with Gasteiger partial charge in [-0.25, -0.2) is 13.4 Å². The molecule has 1 N–H and O–H groups in total. The van der Waals surface area contributed by atoms with Gasteiger partial charge in [-0.15, -0.1) is 11.3 Å². The molecule has 7 nitrogen and oxygen atoms in total. The molecule has 0 radical (unpaired) electrons. The minimum atomic E-state index is -3.10. The van der Waals surface area contributed by atoms with Crippen LogP contribution in [0, 0.1) is 0 Å². The van der Waals surface area contributed by atoms with Crippen LogP contribution in [0.5, 0.6) is 0 Å². The van der Waals surface area contributed by atoms with E-state index in [0.29, 0.717) is 6.54 Å². The van der Waals surface area contributed by atoms with Gasteiger partial charge in [-0.1, -0.05) is 0 Å². The molecule has 1 fully saturated rings. The van der Waals surface area contributed by atoms with Crippen molar-refractivity contribution in [2.24, 2.45) is 0 Å². The molecule has 0 bridgehead atoms. The molecule has 1 saturated heterocycles. The van der Waals surface area contributed by atoms with Gasteiger partial charge in [0.15, 0.2) is 0 Å². The van der Waals surface area contributed by atoms with E-state index in [4.69, 9.17) is 4.74 Å². The van der Waals surface area contributed by atoms with Crippen molar-refractivity contribution in [1.82, 2.24) is 15.2 Å². The SMILES string of the molecule is CS(=O)(=O)CCC(=O)NCc1nc(CN2CCOCC2)cs1. The highest BCUT2D eigenvalue weighted by Gasteiger charge is 2.13. The van der Waals surface area contributed by atoms with E-state index in [2.05, 4.69) is 15.2 Å². The van der Waals surface area contributed by atoms with E-state index in [0.717, 1.165) is 49.8 Å². The molecule has 1 aliphatic heterocycles. The summed E-state index contributed by atoms with van der Waals surface area (Å²) in [4.78, 5) is 18.3. The maximum absolute atomic E-state index is 11.6. The van der Waals surface area contributed by atoms with Gasteiger partial charge in [0.05, 0.1) is 31.2 Å². The van der Waals surface area contributed by atoms with Gasteiger partial charge in [-0.2, -0.15) is 0 Å². The number of amides is 1. The second-order valence-electron chi connectivity index (χ2n) is 5.28. The summed E-state index contributed by atoms with van der Waals surface area (Å²) in [5.74, 6) is -0.394. The van der Waals surface area contributed by atoms with Crippen molar-refractivity contribution in [3.05, 3.63) is 16.1 Å². The maximum Gasteiger partial charge on any atom is 0.221 e. The summed E-state index contributed by atoms with van der Waals surface area (Å²) in [6.45, 7) is 4.48. The Bertz CT molecular complexity index is 594. The van der Waals surface area contributed by atoms with Crippen LogP contribution in [0.4, 0.5) is 0 Å². The molecular formula is C13H21N3O4S2. The van der Waals surface area contributed by atoms with Gasteiger partial charge in [-0.05, 0) is 0 Å². The first-order valence-corrected chi connectivity index (χ1v) is 10.0. The number of nitrogens with zero attached hydrogens (tertiary/aromatic N) is 2. The molecule has 22 heavy (non-hydrogen) atoms. The summed E-state index contributed by atoms with van der Waals surface area (Å²) in [7, 11) is -3.10. The van der Waals surface area contributed by atoms with Gasteiger partial charge in [0.2, 0.25) is 5.91 Å². The average Bonchev–Trinajstić information content (AvgIpc) is 2.91. The quantitative estimate of drug-likeness (QED) is 0.748. The van der Waals surface area contributed by atoms with Crippen molar-refractivity contribution >= 4 is 27.1 Å². The van der Waals surface area contributed by atoms with Gasteiger partial charge in [0.1, 0.15) is 14.8 Å². The predicted molar refractivity (Wildman–Crippen MR) is 84.4 cm³/mol. The van der Waals surface area contributed by atoms with Crippen LogP contribution in [0.1, 0.15) is 17.1 Å². The number of morpholine rings is 1. The molecule has 1 amide bonds. The van der Waals surface area contributed by atoms with Crippen molar-refractivity contribution < 1.29 is 17.9 Å². The second kappa shape index (κ2) is 8.00. The number of carbonyl (C=O) groups excluding carboxylic acids is 1. The molecule has 9 heteroatoms. The Morgan fingerprint density at radius 3 is 2.86 bits per heavy atom. The normalized spacial score (nSPS) is 16.6. The lowest BCUT2D eigenvalue weighted by atomic mass is 10.3. The number of hydrogen-bond donors (Lipinski definition) is 1. The van der Waals surface area contributed by atoms with Gasteiger partial charge in [0.25, 0.3) is 0 Å². The van der Waals surface area contributed by atoms with E-state index in [-0.39, 0.29) is 18.1 Å². The largest absolute Gasteiger partial charge is 0.379 e. The molecule has 0 unspecified atom stereocenters. The summed E-state index contributed by atoms with van der Waals surface area (Å²) < 4.78 is 27.3. The third kappa shape index (κ3) is 6.39. The number of sulfone groups is 1. The molecule has 2 rings (SSSR count). The number of nitrogens with one attached hydrogen (secondary N) is 1. The van der Waals surface area contributed by atoms with E-state index in [1.54, 1.807) is 0 Å².